The molecule has 0 aromatic heterocycles. The van der Waals surface area contributed by atoms with Crippen LogP contribution in [0.3, 0.4) is 0 Å². The van der Waals surface area contributed by atoms with Crippen molar-refractivity contribution in [3.63, 3.8) is 0 Å². The van der Waals surface area contributed by atoms with Gasteiger partial charge in [-0.05, 0) is 69.6 Å². The average molecular weight is 407 g/mol. The van der Waals surface area contributed by atoms with Crippen molar-refractivity contribution in [2.24, 2.45) is 0 Å². The van der Waals surface area contributed by atoms with Crippen LogP contribution >= 0.6 is 11.8 Å². The predicted octanol–water partition coefficient (Wildman–Crippen LogP) is 3.85. The molecular formula is C22H31FN2O2S. The summed E-state index contributed by atoms with van der Waals surface area (Å²) >= 11 is 1.59. The minimum Gasteiger partial charge on any atom is -0.398 e. The lowest BCUT2D eigenvalue weighted by molar-refractivity contribution is -0.162. The summed E-state index contributed by atoms with van der Waals surface area (Å²) in [5, 5.41) is 24.3. The number of nitrogen functional groups attached to an aromatic ring is 1. The van der Waals surface area contributed by atoms with Crippen molar-refractivity contribution in [2.45, 2.75) is 67.8 Å². The maximum absolute atomic E-state index is 13.8. The number of hydrogen-bond acceptors (Lipinski definition) is 5. The van der Waals surface area contributed by atoms with Gasteiger partial charge in [0.05, 0.1) is 5.60 Å². The van der Waals surface area contributed by atoms with Gasteiger partial charge in [0, 0.05) is 28.4 Å². The first kappa shape index (κ1) is 22.7. The van der Waals surface area contributed by atoms with Gasteiger partial charge >= 0.3 is 0 Å². The van der Waals surface area contributed by atoms with Gasteiger partial charge in [0.1, 0.15) is 11.8 Å². The van der Waals surface area contributed by atoms with Crippen molar-refractivity contribution in [2.75, 3.05) is 12.8 Å². The first-order valence-corrected chi connectivity index (χ1v) is 10.2. The third kappa shape index (κ3) is 5.06. The van der Waals surface area contributed by atoms with Gasteiger partial charge in [0.15, 0.2) is 0 Å². The third-order valence-corrected chi connectivity index (χ3v) is 6.50. The molecule has 6 heteroatoms. The van der Waals surface area contributed by atoms with Crippen LogP contribution in [-0.2, 0) is 13.0 Å². The van der Waals surface area contributed by atoms with E-state index in [0.717, 1.165) is 32.2 Å². The predicted molar refractivity (Wildman–Crippen MR) is 114 cm³/mol. The minimum absolute atomic E-state index is 0.141. The molecule has 2 rings (SSSR count). The average Bonchev–Trinajstić information content (AvgIpc) is 2.59. The molecule has 2 aromatic rings. The Morgan fingerprint density at radius 2 is 1.79 bits per heavy atom. The van der Waals surface area contributed by atoms with E-state index >= 15 is 0 Å². The van der Waals surface area contributed by atoms with E-state index < -0.39 is 17.4 Å². The summed E-state index contributed by atoms with van der Waals surface area (Å²) in [4.78, 5) is 2.04. The number of rotatable bonds is 8. The van der Waals surface area contributed by atoms with Crippen LogP contribution in [0.5, 0.6) is 0 Å². The zero-order valence-corrected chi connectivity index (χ0v) is 18.0. The van der Waals surface area contributed by atoms with Crippen molar-refractivity contribution >= 4 is 17.4 Å². The maximum atomic E-state index is 13.8. The first-order valence-electron chi connectivity index (χ1n) is 9.37. The molecule has 0 fully saturated rings. The molecule has 0 aliphatic rings. The number of nitrogens with one attached hydrogen (secondary N) is 1. The lowest BCUT2D eigenvalue weighted by atomic mass is 9.78. The molecule has 4 nitrogen and oxygen atoms in total. The fraction of sp³-hybridized carbons (Fsp3) is 0.455. The molecule has 28 heavy (non-hydrogen) atoms. The summed E-state index contributed by atoms with van der Waals surface area (Å²) in [6.45, 7) is 6.70. The van der Waals surface area contributed by atoms with E-state index in [9.17, 15) is 14.6 Å². The van der Waals surface area contributed by atoms with Crippen LogP contribution in [0, 0.1) is 6.92 Å². The van der Waals surface area contributed by atoms with Gasteiger partial charge in [0.25, 0.3) is 0 Å². The zero-order valence-electron chi connectivity index (χ0n) is 17.2. The third-order valence-electron chi connectivity index (χ3n) is 5.29. The molecular weight excluding hydrogens is 375 g/mol. The van der Waals surface area contributed by atoms with Gasteiger partial charge in [0.2, 0.25) is 0 Å². The Kier molecular flexibility index (Phi) is 7.15. The highest BCUT2D eigenvalue weighted by Gasteiger charge is 2.46. The second kappa shape index (κ2) is 8.82. The fourth-order valence-electron chi connectivity index (χ4n) is 3.06. The number of nitrogens with two attached hydrogens (primary N) is 1. The van der Waals surface area contributed by atoms with Crippen LogP contribution in [0.2, 0.25) is 0 Å². The molecule has 2 aromatic carbocycles. The molecule has 5 N–H and O–H groups in total. The zero-order chi connectivity index (χ0) is 21.1. The normalized spacial score (nSPS) is 17.0. The summed E-state index contributed by atoms with van der Waals surface area (Å²) in [6, 6.07) is 11.9. The number of aliphatic hydroxyl groups is 2. The van der Waals surface area contributed by atoms with Crippen LogP contribution in [0.15, 0.2) is 46.2 Å². The van der Waals surface area contributed by atoms with Crippen LogP contribution in [0.1, 0.15) is 37.5 Å². The number of anilines is 1. The molecule has 0 radical (unpaired) electrons. The van der Waals surface area contributed by atoms with Crippen LogP contribution in [-0.4, -0.2) is 34.6 Å². The van der Waals surface area contributed by atoms with Crippen LogP contribution in [0.4, 0.5) is 10.1 Å². The molecule has 0 saturated heterocycles. The highest BCUT2D eigenvalue weighted by atomic mass is 32.2. The number of halogens is 1. The van der Waals surface area contributed by atoms with E-state index in [-0.39, 0.29) is 6.42 Å². The Morgan fingerprint density at radius 3 is 2.36 bits per heavy atom. The van der Waals surface area contributed by atoms with E-state index in [1.54, 1.807) is 11.8 Å². The molecule has 0 heterocycles. The van der Waals surface area contributed by atoms with Crippen LogP contribution in [0.25, 0.3) is 0 Å². The highest BCUT2D eigenvalue weighted by molar-refractivity contribution is 7.99. The highest BCUT2D eigenvalue weighted by Crippen LogP contribution is 2.36. The summed E-state index contributed by atoms with van der Waals surface area (Å²) in [5.41, 5.74) is 6.43. The molecule has 3 atom stereocenters. The number of benzene rings is 2. The Balaban J connectivity index is 2.32. The van der Waals surface area contributed by atoms with Crippen molar-refractivity contribution in [3.05, 3.63) is 53.1 Å². The standard InChI is InChI=1S/C22H31FN2O2S/c1-14-6-8-20(18(24)10-14)28-19-9-7-16(11-17(19)13-25-5)12-21(3,26)22(4,27)15(2)23/h6-11,15,25-27H,12-13,24H2,1-5H3. The molecule has 0 saturated carbocycles. The Bertz CT molecular complexity index is 822. The van der Waals surface area contributed by atoms with Crippen molar-refractivity contribution < 1.29 is 14.6 Å². The summed E-state index contributed by atoms with van der Waals surface area (Å²) in [6.07, 6.45) is -1.42. The van der Waals surface area contributed by atoms with E-state index in [2.05, 4.69) is 5.32 Å². The van der Waals surface area contributed by atoms with Crippen molar-refractivity contribution in [1.82, 2.24) is 5.32 Å². The second-order valence-corrected chi connectivity index (χ2v) is 8.91. The molecule has 154 valence electrons. The lowest BCUT2D eigenvalue weighted by Crippen LogP contribution is -2.56. The number of aryl methyl sites for hydroxylation is 1. The maximum Gasteiger partial charge on any atom is 0.128 e. The van der Waals surface area contributed by atoms with E-state index in [4.69, 9.17) is 5.73 Å². The molecule has 0 spiro atoms. The van der Waals surface area contributed by atoms with Crippen molar-refractivity contribution in [1.29, 1.82) is 0 Å². The lowest BCUT2D eigenvalue weighted by Gasteiger charge is -2.40. The second-order valence-electron chi connectivity index (χ2n) is 7.83. The molecule has 3 unspecified atom stereocenters. The van der Waals surface area contributed by atoms with Gasteiger partial charge in [-0.2, -0.15) is 0 Å². The molecule has 0 aliphatic carbocycles. The Morgan fingerprint density at radius 1 is 1.14 bits per heavy atom. The number of alkyl halides is 1. The monoisotopic (exact) mass is 406 g/mol. The quantitative estimate of drug-likeness (QED) is 0.501. The summed E-state index contributed by atoms with van der Waals surface area (Å²) < 4.78 is 13.8. The Hall–Kier alpha value is -1.60. The van der Waals surface area contributed by atoms with Crippen molar-refractivity contribution in [3.8, 4) is 0 Å². The molecule has 0 aliphatic heterocycles. The van der Waals surface area contributed by atoms with Gasteiger partial charge in [-0.15, -0.1) is 0 Å². The molecule has 0 amide bonds. The smallest absolute Gasteiger partial charge is 0.128 e. The summed E-state index contributed by atoms with van der Waals surface area (Å²) in [5.74, 6) is 0. The number of hydrogen-bond donors (Lipinski definition) is 4. The van der Waals surface area contributed by atoms with E-state index in [1.165, 1.54) is 20.8 Å². The van der Waals surface area contributed by atoms with Gasteiger partial charge in [-0.1, -0.05) is 30.0 Å². The SMILES string of the molecule is CNCc1cc(CC(C)(O)C(C)(O)C(C)F)ccc1Sc1ccc(C)cc1N. The molecule has 0 bridgehead atoms. The van der Waals surface area contributed by atoms with E-state index in [1.807, 2.05) is 50.4 Å². The minimum atomic E-state index is -1.85. The van der Waals surface area contributed by atoms with Gasteiger partial charge < -0.3 is 21.3 Å². The summed E-state index contributed by atoms with van der Waals surface area (Å²) in [7, 11) is 1.87. The topological polar surface area (TPSA) is 78.5 Å². The van der Waals surface area contributed by atoms with Gasteiger partial charge in [-0.3, -0.25) is 0 Å². The Labute approximate surface area is 171 Å². The van der Waals surface area contributed by atoms with E-state index in [0.29, 0.717) is 6.54 Å². The fourth-order valence-corrected chi connectivity index (χ4v) is 4.00. The largest absolute Gasteiger partial charge is 0.398 e. The first-order chi connectivity index (χ1) is 13.0. The van der Waals surface area contributed by atoms with Gasteiger partial charge in [-0.25, -0.2) is 4.39 Å². The van der Waals surface area contributed by atoms with Crippen LogP contribution < -0.4 is 11.1 Å².